The quantitative estimate of drug-likeness (QED) is 0.165. The van der Waals surface area contributed by atoms with Crippen LogP contribution in [0, 0.1) is 13.8 Å². The minimum atomic E-state index is -4.25. The zero-order valence-electron chi connectivity index (χ0n) is 26.0. The number of hydrogen-bond donors (Lipinski definition) is 1. The van der Waals surface area contributed by atoms with Gasteiger partial charge in [0, 0.05) is 24.0 Å². The predicted octanol–water partition coefficient (Wildman–Crippen LogP) is 7.62. The van der Waals surface area contributed by atoms with Gasteiger partial charge in [-0.2, -0.15) is 0 Å². The highest BCUT2D eigenvalue weighted by Crippen LogP contribution is 2.30. The zero-order chi connectivity index (χ0) is 33.6. The monoisotopic (exact) mass is 699 g/mol. The van der Waals surface area contributed by atoms with Crippen molar-refractivity contribution < 1.29 is 18.0 Å². The van der Waals surface area contributed by atoms with Crippen molar-refractivity contribution in [3.05, 3.63) is 128 Å². The first kappa shape index (κ1) is 35.3. The maximum Gasteiger partial charge on any atom is 0.264 e. The standard InChI is InChI=1S/C35H36Cl3N3O4S/c1-23(2)39-35(43)33(19-26-8-6-5-7-9-26)40(21-27-13-17-30(36)32(38)18-27)34(42)22-41(28-14-12-25(4)31(37)20-28)46(44,45)29-15-10-24(3)11-16-29/h5-18,20,23,33H,19,21-22H2,1-4H3,(H,39,43)/t33-/m0/s1. The number of hydrogen-bond acceptors (Lipinski definition) is 4. The third-order valence-electron chi connectivity index (χ3n) is 7.37. The van der Waals surface area contributed by atoms with Crippen molar-refractivity contribution in [2.45, 2.75) is 57.6 Å². The molecule has 0 saturated heterocycles. The summed E-state index contributed by atoms with van der Waals surface area (Å²) in [5.74, 6) is -0.975. The van der Waals surface area contributed by atoms with Crippen molar-refractivity contribution in [2.75, 3.05) is 10.8 Å². The summed E-state index contributed by atoms with van der Waals surface area (Å²) in [5.41, 5.74) is 3.29. The van der Waals surface area contributed by atoms with E-state index in [0.29, 0.717) is 15.6 Å². The maximum absolute atomic E-state index is 14.5. The lowest BCUT2D eigenvalue weighted by Gasteiger charge is -2.34. The summed E-state index contributed by atoms with van der Waals surface area (Å²) in [7, 11) is -4.25. The summed E-state index contributed by atoms with van der Waals surface area (Å²) < 4.78 is 29.4. The largest absolute Gasteiger partial charge is 0.352 e. The van der Waals surface area contributed by atoms with E-state index >= 15 is 0 Å². The van der Waals surface area contributed by atoms with E-state index in [9.17, 15) is 18.0 Å². The molecule has 7 nitrogen and oxygen atoms in total. The summed E-state index contributed by atoms with van der Waals surface area (Å²) in [6.45, 7) is 6.69. The summed E-state index contributed by atoms with van der Waals surface area (Å²) in [6, 6.07) is 24.3. The van der Waals surface area contributed by atoms with E-state index in [1.807, 2.05) is 51.1 Å². The van der Waals surface area contributed by atoms with E-state index in [2.05, 4.69) is 5.32 Å². The molecule has 4 rings (SSSR count). The van der Waals surface area contributed by atoms with Gasteiger partial charge in [0.15, 0.2) is 0 Å². The molecule has 0 saturated carbocycles. The minimum absolute atomic E-state index is 0.0111. The molecule has 0 heterocycles. The molecule has 242 valence electrons. The maximum atomic E-state index is 14.5. The van der Waals surface area contributed by atoms with Crippen LogP contribution in [0.5, 0.6) is 0 Å². The number of halogens is 3. The molecule has 46 heavy (non-hydrogen) atoms. The van der Waals surface area contributed by atoms with Crippen molar-refractivity contribution in [3.63, 3.8) is 0 Å². The number of benzene rings is 4. The highest BCUT2D eigenvalue weighted by Gasteiger charge is 2.35. The van der Waals surface area contributed by atoms with Gasteiger partial charge in [0.25, 0.3) is 10.0 Å². The number of nitrogens with zero attached hydrogens (tertiary/aromatic N) is 2. The molecule has 4 aromatic rings. The molecular weight excluding hydrogens is 665 g/mol. The van der Waals surface area contributed by atoms with Crippen molar-refractivity contribution in [2.24, 2.45) is 0 Å². The number of carbonyl (C=O) groups is 2. The number of nitrogens with one attached hydrogen (secondary N) is 1. The molecule has 0 fully saturated rings. The molecule has 0 aromatic heterocycles. The lowest BCUT2D eigenvalue weighted by Crippen LogP contribution is -2.54. The Hall–Kier alpha value is -3.56. The van der Waals surface area contributed by atoms with E-state index < -0.39 is 28.5 Å². The smallest absolute Gasteiger partial charge is 0.264 e. The van der Waals surface area contributed by atoms with Crippen LogP contribution in [0.3, 0.4) is 0 Å². The lowest BCUT2D eigenvalue weighted by atomic mass is 10.0. The Bertz CT molecular complexity index is 1800. The molecular formula is C35H36Cl3N3O4S. The molecule has 0 spiro atoms. The van der Waals surface area contributed by atoms with E-state index in [1.54, 1.807) is 49.4 Å². The Morgan fingerprint density at radius 3 is 2.07 bits per heavy atom. The molecule has 0 aliphatic heterocycles. The number of sulfonamides is 1. The first-order valence-corrected chi connectivity index (χ1v) is 17.3. The Morgan fingerprint density at radius 2 is 1.46 bits per heavy atom. The van der Waals surface area contributed by atoms with Gasteiger partial charge >= 0.3 is 0 Å². The Balaban J connectivity index is 1.84. The van der Waals surface area contributed by atoms with Gasteiger partial charge in [0.1, 0.15) is 12.6 Å². The SMILES string of the molecule is Cc1ccc(S(=O)(=O)N(CC(=O)N(Cc2ccc(Cl)c(Cl)c2)[C@@H](Cc2ccccc2)C(=O)NC(C)C)c2ccc(C)c(Cl)c2)cc1. The van der Waals surface area contributed by atoms with Crippen molar-refractivity contribution in [1.29, 1.82) is 0 Å². The zero-order valence-corrected chi connectivity index (χ0v) is 29.1. The number of rotatable bonds is 12. The Labute approximate surface area is 286 Å². The van der Waals surface area contributed by atoms with Gasteiger partial charge in [0.05, 0.1) is 20.6 Å². The highest BCUT2D eigenvalue weighted by molar-refractivity contribution is 7.92. The number of aryl methyl sites for hydroxylation is 2. The van der Waals surface area contributed by atoms with Crippen LogP contribution in [0.2, 0.25) is 15.1 Å². The Kier molecular flexibility index (Phi) is 11.8. The van der Waals surface area contributed by atoms with E-state index in [4.69, 9.17) is 34.8 Å². The molecule has 0 radical (unpaired) electrons. The highest BCUT2D eigenvalue weighted by atomic mass is 35.5. The van der Waals surface area contributed by atoms with E-state index in [0.717, 1.165) is 21.0 Å². The molecule has 0 aliphatic carbocycles. The fraction of sp³-hybridized carbons (Fsp3) is 0.257. The fourth-order valence-corrected chi connectivity index (χ4v) is 6.77. The van der Waals surface area contributed by atoms with Crippen molar-refractivity contribution >= 4 is 62.3 Å². The third-order valence-corrected chi connectivity index (χ3v) is 10.3. The van der Waals surface area contributed by atoms with Crippen LogP contribution in [-0.2, 0) is 32.6 Å². The lowest BCUT2D eigenvalue weighted by molar-refractivity contribution is -0.140. The normalized spacial score (nSPS) is 12.1. The van der Waals surface area contributed by atoms with Gasteiger partial charge in [0.2, 0.25) is 11.8 Å². The Morgan fingerprint density at radius 1 is 0.783 bits per heavy atom. The number of carbonyl (C=O) groups excluding carboxylic acids is 2. The molecule has 0 bridgehead atoms. The second-order valence-electron chi connectivity index (χ2n) is 11.4. The predicted molar refractivity (Wildman–Crippen MR) is 186 cm³/mol. The summed E-state index contributed by atoms with van der Waals surface area (Å²) in [5, 5.41) is 3.91. The fourth-order valence-electron chi connectivity index (χ4n) is 4.87. The second kappa shape index (κ2) is 15.4. The van der Waals surface area contributed by atoms with Gasteiger partial charge in [-0.25, -0.2) is 8.42 Å². The molecule has 0 aliphatic rings. The minimum Gasteiger partial charge on any atom is -0.352 e. The summed E-state index contributed by atoms with van der Waals surface area (Å²) in [4.78, 5) is 29.8. The first-order valence-electron chi connectivity index (χ1n) is 14.7. The van der Waals surface area contributed by atoms with Crippen LogP contribution in [0.25, 0.3) is 0 Å². The average Bonchev–Trinajstić information content (AvgIpc) is 3.01. The molecule has 4 aromatic carbocycles. The van der Waals surface area contributed by atoms with Gasteiger partial charge in [-0.1, -0.05) is 95.0 Å². The van der Waals surface area contributed by atoms with E-state index in [-0.39, 0.29) is 40.5 Å². The van der Waals surface area contributed by atoms with Gasteiger partial charge in [-0.05, 0) is 80.8 Å². The first-order chi connectivity index (χ1) is 21.8. The summed E-state index contributed by atoms with van der Waals surface area (Å²) in [6.07, 6.45) is 0.188. The van der Waals surface area contributed by atoms with Gasteiger partial charge in [-0.3, -0.25) is 13.9 Å². The molecule has 1 N–H and O–H groups in total. The molecule has 0 unspecified atom stereocenters. The number of amides is 2. The van der Waals surface area contributed by atoms with Crippen LogP contribution in [-0.4, -0.2) is 43.8 Å². The molecule has 2 amide bonds. The topological polar surface area (TPSA) is 86.8 Å². The van der Waals surface area contributed by atoms with Crippen molar-refractivity contribution in [3.8, 4) is 0 Å². The summed E-state index contributed by atoms with van der Waals surface area (Å²) >= 11 is 19.0. The number of anilines is 1. The molecule has 1 atom stereocenters. The second-order valence-corrected chi connectivity index (χ2v) is 14.5. The third kappa shape index (κ3) is 8.82. The van der Waals surface area contributed by atoms with Crippen LogP contribution in [0.1, 0.15) is 36.1 Å². The van der Waals surface area contributed by atoms with Gasteiger partial charge in [-0.15, -0.1) is 0 Å². The van der Waals surface area contributed by atoms with Crippen LogP contribution < -0.4 is 9.62 Å². The van der Waals surface area contributed by atoms with Crippen LogP contribution in [0.4, 0.5) is 5.69 Å². The van der Waals surface area contributed by atoms with Crippen molar-refractivity contribution in [1.82, 2.24) is 10.2 Å². The average molecular weight is 701 g/mol. The van der Waals surface area contributed by atoms with Crippen LogP contribution in [0.15, 0.2) is 95.9 Å². The van der Waals surface area contributed by atoms with Gasteiger partial charge < -0.3 is 10.2 Å². The van der Waals surface area contributed by atoms with Crippen LogP contribution >= 0.6 is 34.8 Å². The van der Waals surface area contributed by atoms with E-state index in [1.165, 1.54) is 23.1 Å². The molecule has 11 heteroatoms.